The zero-order chi connectivity index (χ0) is 11.0. The summed E-state index contributed by atoms with van der Waals surface area (Å²) in [6.45, 7) is 5.91. The molecule has 0 radical (unpaired) electrons. The molecular formula is C11H23N3. The van der Waals surface area contributed by atoms with Gasteiger partial charge >= 0.3 is 0 Å². The van der Waals surface area contributed by atoms with Crippen LogP contribution in [-0.2, 0) is 0 Å². The van der Waals surface area contributed by atoms with Gasteiger partial charge in [-0.05, 0) is 27.1 Å². The number of likely N-dealkylation sites (N-methyl/N-ethyl adjacent to an activating group) is 2. The average Bonchev–Trinajstić information content (AvgIpc) is 2.23. The Hall–Kier alpha value is -0.800. The molecule has 0 rings (SSSR count). The molecule has 3 heteroatoms. The van der Waals surface area contributed by atoms with E-state index < -0.39 is 0 Å². The van der Waals surface area contributed by atoms with E-state index in [0.717, 1.165) is 6.42 Å². The number of hydrogen-bond donors (Lipinski definition) is 3. The lowest BCUT2D eigenvalue weighted by Crippen LogP contribution is -2.27. The van der Waals surface area contributed by atoms with Crippen LogP contribution < -0.4 is 16.0 Å². The average molecular weight is 197 g/mol. The van der Waals surface area contributed by atoms with Crippen LogP contribution >= 0.6 is 0 Å². The van der Waals surface area contributed by atoms with Gasteiger partial charge in [0.1, 0.15) is 0 Å². The molecule has 3 nitrogen and oxygen atoms in total. The van der Waals surface area contributed by atoms with Crippen molar-refractivity contribution in [3.05, 3.63) is 24.4 Å². The van der Waals surface area contributed by atoms with E-state index in [-0.39, 0.29) is 0 Å². The summed E-state index contributed by atoms with van der Waals surface area (Å²) in [4.78, 5) is 0. The van der Waals surface area contributed by atoms with Gasteiger partial charge in [0, 0.05) is 31.2 Å². The second kappa shape index (κ2) is 7.59. The van der Waals surface area contributed by atoms with Gasteiger partial charge < -0.3 is 16.0 Å². The lowest BCUT2D eigenvalue weighted by atomic mass is 10.1. The van der Waals surface area contributed by atoms with Crippen molar-refractivity contribution in [3.63, 3.8) is 0 Å². The van der Waals surface area contributed by atoms with E-state index in [2.05, 4.69) is 35.5 Å². The van der Waals surface area contributed by atoms with Gasteiger partial charge in [-0.1, -0.05) is 6.08 Å². The second-order valence-electron chi connectivity index (χ2n) is 3.35. The topological polar surface area (TPSA) is 36.1 Å². The third-order valence-electron chi connectivity index (χ3n) is 2.32. The van der Waals surface area contributed by atoms with E-state index >= 15 is 0 Å². The minimum atomic E-state index is 0.331. The fraction of sp³-hybridized carbons (Fsp3) is 0.636. The van der Waals surface area contributed by atoms with E-state index in [4.69, 9.17) is 0 Å². The number of rotatable bonds is 7. The molecule has 0 aliphatic carbocycles. The largest absolute Gasteiger partial charge is 0.392 e. The van der Waals surface area contributed by atoms with Crippen molar-refractivity contribution in [3.8, 4) is 0 Å². The molecular weight excluding hydrogens is 174 g/mol. The van der Waals surface area contributed by atoms with Crippen molar-refractivity contribution in [2.24, 2.45) is 0 Å². The lowest BCUT2D eigenvalue weighted by molar-refractivity contribution is 0.628. The Labute approximate surface area is 87.7 Å². The highest BCUT2D eigenvalue weighted by Gasteiger charge is 2.04. The second-order valence-corrected chi connectivity index (χ2v) is 3.35. The maximum Gasteiger partial charge on any atom is 0.0299 e. The van der Waals surface area contributed by atoms with Crippen LogP contribution in [-0.4, -0.2) is 33.2 Å². The standard InChI is InChI=1S/C11H23N3/c1-6-10(13-4)8-11(14-5)7-9(2)12-3/h6-7,9-10,12-14H,1,8H2,2-5H3. The van der Waals surface area contributed by atoms with E-state index in [1.807, 2.05) is 27.2 Å². The summed E-state index contributed by atoms with van der Waals surface area (Å²) in [5.41, 5.74) is 1.23. The molecule has 0 aliphatic heterocycles. The predicted octanol–water partition coefficient (Wildman–Crippen LogP) is 0.862. The molecule has 82 valence electrons. The molecule has 0 amide bonds. The fourth-order valence-electron chi connectivity index (χ4n) is 1.18. The van der Waals surface area contributed by atoms with Crippen molar-refractivity contribution >= 4 is 0 Å². The number of nitrogens with one attached hydrogen (secondary N) is 3. The van der Waals surface area contributed by atoms with Gasteiger partial charge in [-0.15, -0.1) is 6.58 Å². The third kappa shape index (κ3) is 5.04. The zero-order valence-corrected chi connectivity index (χ0v) is 9.72. The highest BCUT2D eigenvalue weighted by molar-refractivity contribution is 5.07. The SMILES string of the molecule is C=CC(CC(=CC(C)NC)NC)NC. The van der Waals surface area contributed by atoms with Gasteiger partial charge in [-0.3, -0.25) is 0 Å². The Morgan fingerprint density at radius 3 is 2.29 bits per heavy atom. The smallest absolute Gasteiger partial charge is 0.0299 e. The quantitative estimate of drug-likeness (QED) is 0.530. The molecule has 0 fully saturated rings. The van der Waals surface area contributed by atoms with Gasteiger partial charge in [0.25, 0.3) is 0 Å². The van der Waals surface area contributed by atoms with Crippen molar-refractivity contribution < 1.29 is 0 Å². The van der Waals surface area contributed by atoms with Crippen LogP contribution in [0, 0.1) is 0 Å². The predicted molar refractivity (Wildman–Crippen MR) is 63.3 cm³/mol. The molecule has 3 N–H and O–H groups in total. The Bertz CT molecular complexity index is 187. The molecule has 0 spiro atoms. The Morgan fingerprint density at radius 2 is 1.93 bits per heavy atom. The van der Waals surface area contributed by atoms with Crippen LogP contribution in [0.25, 0.3) is 0 Å². The molecule has 2 unspecified atom stereocenters. The molecule has 0 saturated carbocycles. The van der Waals surface area contributed by atoms with Crippen molar-refractivity contribution in [2.75, 3.05) is 21.1 Å². The van der Waals surface area contributed by atoms with Crippen LogP contribution in [0.1, 0.15) is 13.3 Å². The Morgan fingerprint density at radius 1 is 1.29 bits per heavy atom. The first-order valence-electron chi connectivity index (χ1n) is 5.03. The normalized spacial score (nSPS) is 16.1. The minimum absolute atomic E-state index is 0.331. The maximum absolute atomic E-state index is 3.79. The number of hydrogen-bond acceptors (Lipinski definition) is 3. The van der Waals surface area contributed by atoms with Crippen LogP contribution in [0.15, 0.2) is 24.4 Å². The molecule has 0 heterocycles. The molecule has 0 saturated heterocycles. The summed E-state index contributed by atoms with van der Waals surface area (Å²) in [7, 11) is 5.85. The van der Waals surface area contributed by atoms with E-state index in [9.17, 15) is 0 Å². The third-order valence-corrected chi connectivity index (χ3v) is 2.32. The van der Waals surface area contributed by atoms with Crippen LogP contribution in [0.2, 0.25) is 0 Å². The summed E-state index contributed by atoms with van der Waals surface area (Å²) in [6.07, 6.45) is 5.06. The molecule has 0 aromatic carbocycles. The van der Waals surface area contributed by atoms with Crippen molar-refractivity contribution in [1.82, 2.24) is 16.0 Å². The van der Waals surface area contributed by atoms with Gasteiger partial charge in [-0.25, -0.2) is 0 Å². The van der Waals surface area contributed by atoms with E-state index in [1.54, 1.807) is 0 Å². The highest BCUT2D eigenvalue weighted by Crippen LogP contribution is 2.03. The van der Waals surface area contributed by atoms with Gasteiger partial charge in [-0.2, -0.15) is 0 Å². The summed E-state index contributed by atoms with van der Waals surface area (Å²) >= 11 is 0. The van der Waals surface area contributed by atoms with Crippen molar-refractivity contribution in [1.29, 1.82) is 0 Å². The van der Waals surface area contributed by atoms with Crippen molar-refractivity contribution in [2.45, 2.75) is 25.4 Å². The highest BCUT2D eigenvalue weighted by atomic mass is 14.9. The molecule has 0 aromatic rings. The van der Waals surface area contributed by atoms with Crippen LogP contribution in [0.4, 0.5) is 0 Å². The summed E-state index contributed by atoms with van der Waals surface area (Å²) in [5.74, 6) is 0. The van der Waals surface area contributed by atoms with Crippen LogP contribution in [0.3, 0.4) is 0 Å². The van der Waals surface area contributed by atoms with Crippen LogP contribution in [0.5, 0.6) is 0 Å². The molecule has 0 aromatic heterocycles. The summed E-state index contributed by atoms with van der Waals surface area (Å²) in [5, 5.41) is 9.56. The van der Waals surface area contributed by atoms with Gasteiger partial charge in [0.15, 0.2) is 0 Å². The summed E-state index contributed by atoms with van der Waals surface area (Å²) in [6, 6.07) is 0.720. The summed E-state index contributed by atoms with van der Waals surface area (Å²) < 4.78 is 0. The Kier molecular flexibility index (Phi) is 7.16. The molecule has 2 atom stereocenters. The minimum Gasteiger partial charge on any atom is -0.392 e. The molecule has 0 aliphatic rings. The maximum atomic E-state index is 3.79. The first-order chi connectivity index (χ1) is 6.67. The Balaban J connectivity index is 4.26. The first-order valence-corrected chi connectivity index (χ1v) is 5.03. The molecule has 0 bridgehead atoms. The van der Waals surface area contributed by atoms with E-state index in [0.29, 0.717) is 12.1 Å². The first kappa shape index (κ1) is 13.2. The lowest BCUT2D eigenvalue weighted by Gasteiger charge is -2.15. The fourth-order valence-corrected chi connectivity index (χ4v) is 1.18. The van der Waals surface area contributed by atoms with E-state index in [1.165, 1.54) is 5.70 Å². The molecule has 14 heavy (non-hydrogen) atoms. The van der Waals surface area contributed by atoms with Gasteiger partial charge in [0.05, 0.1) is 0 Å². The zero-order valence-electron chi connectivity index (χ0n) is 9.72. The van der Waals surface area contributed by atoms with Gasteiger partial charge in [0.2, 0.25) is 0 Å². The monoisotopic (exact) mass is 197 g/mol.